The number of benzene rings is 1. The maximum absolute atomic E-state index is 13.0. The van der Waals surface area contributed by atoms with Crippen molar-refractivity contribution in [3.05, 3.63) is 53.6 Å². The van der Waals surface area contributed by atoms with Crippen molar-refractivity contribution in [3.63, 3.8) is 0 Å². The van der Waals surface area contributed by atoms with Crippen LogP contribution >= 0.6 is 0 Å². The van der Waals surface area contributed by atoms with Gasteiger partial charge in [0.15, 0.2) is 11.5 Å². The highest BCUT2D eigenvalue weighted by Crippen LogP contribution is 2.23. The molecule has 0 unspecified atom stereocenters. The van der Waals surface area contributed by atoms with E-state index in [-0.39, 0.29) is 23.6 Å². The lowest BCUT2D eigenvalue weighted by atomic mass is 9.96. The summed E-state index contributed by atoms with van der Waals surface area (Å²) in [5.41, 5.74) is 1.64. The van der Waals surface area contributed by atoms with Crippen LogP contribution in [0.4, 0.5) is 10.2 Å². The quantitative estimate of drug-likeness (QED) is 0.718. The summed E-state index contributed by atoms with van der Waals surface area (Å²) in [6, 6.07) is 10.1. The maximum atomic E-state index is 13.0. The number of carbonyl (C=O) groups excluding carboxylic acids is 1. The van der Waals surface area contributed by atoms with Crippen molar-refractivity contribution in [3.8, 4) is 0 Å². The van der Waals surface area contributed by atoms with Crippen LogP contribution in [0.25, 0.3) is 5.65 Å². The van der Waals surface area contributed by atoms with Crippen LogP contribution in [0.15, 0.2) is 36.4 Å². The van der Waals surface area contributed by atoms with E-state index in [0.29, 0.717) is 6.54 Å². The highest BCUT2D eigenvalue weighted by Gasteiger charge is 2.26. The molecule has 0 radical (unpaired) electrons. The number of hydrogen-bond acceptors (Lipinski definition) is 5. The van der Waals surface area contributed by atoms with Crippen LogP contribution in [-0.2, 0) is 11.3 Å². The topological polar surface area (TPSA) is 75.4 Å². The standard InChI is InChI=1S/C21H25FN6O/c1-14(2)20-25-24-18-7-8-19(26-28(18)20)27-11-9-16(10-12-27)21(29)23-13-15-3-5-17(22)6-4-15/h3-8,14,16H,9-13H2,1-2H3,(H,23,29). The van der Waals surface area contributed by atoms with E-state index in [1.54, 1.807) is 12.1 Å². The molecule has 4 rings (SSSR count). The van der Waals surface area contributed by atoms with Crippen LogP contribution in [0.5, 0.6) is 0 Å². The molecule has 29 heavy (non-hydrogen) atoms. The molecule has 0 bridgehead atoms. The molecule has 1 aliphatic heterocycles. The Hall–Kier alpha value is -3.03. The first-order chi connectivity index (χ1) is 14.0. The molecule has 1 aliphatic rings. The van der Waals surface area contributed by atoms with Crippen molar-refractivity contribution in [1.29, 1.82) is 0 Å². The number of nitrogens with zero attached hydrogens (tertiary/aromatic N) is 5. The first-order valence-corrected chi connectivity index (χ1v) is 10.0. The number of piperidine rings is 1. The Kier molecular flexibility index (Phi) is 5.42. The predicted octanol–water partition coefficient (Wildman–Crippen LogP) is 2.92. The SMILES string of the molecule is CC(C)c1nnc2ccc(N3CCC(C(=O)NCc4ccc(F)cc4)CC3)nn12. The molecule has 3 aromatic rings. The Morgan fingerprint density at radius 1 is 1.14 bits per heavy atom. The fraction of sp³-hybridized carbons (Fsp3) is 0.429. The summed E-state index contributed by atoms with van der Waals surface area (Å²) in [7, 11) is 0. The number of anilines is 1. The Morgan fingerprint density at radius 3 is 2.55 bits per heavy atom. The molecule has 2 aromatic heterocycles. The molecule has 0 saturated carbocycles. The molecule has 1 N–H and O–H groups in total. The van der Waals surface area contributed by atoms with Crippen LogP contribution in [0.3, 0.4) is 0 Å². The molecule has 1 fully saturated rings. The molecule has 3 heterocycles. The van der Waals surface area contributed by atoms with Gasteiger partial charge < -0.3 is 10.2 Å². The van der Waals surface area contributed by atoms with Gasteiger partial charge in [0.2, 0.25) is 5.91 Å². The largest absolute Gasteiger partial charge is 0.355 e. The number of carbonyl (C=O) groups is 1. The van der Waals surface area contributed by atoms with Gasteiger partial charge in [-0.2, -0.15) is 4.52 Å². The van der Waals surface area contributed by atoms with E-state index >= 15 is 0 Å². The van der Waals surface area contributed by atoms with E-state index in [9.17, 15) is 9.18 Å². The monoisotopic (exact) mass is 396 g/mol. The molecule has 7 nitrogen and oxygen atoms in total. The van der Waals surface area contributed by atoms with E-state index in [2.05, 4.69) is 34.3 Å². The number of halogens is 1. The molecule has 1 saturated heterocycles. The summed E-state index contributed by atoms with van der Waals surface area (Å²) in [5, 5.41) is 16.1. The van der Waals surface area contributed by atoms with Crippen molar-refractivity contribution in [1.82, 2.24) is 25.1 Å². The molecule has 0 aliphatic carbocycles. The zero-order valence-electron chi connectivity index (χ0n) is 16.7. The van der Waals surface area contributed by atoms with Crippen LogP contribution in [0, 0.1) is 11.7 Å². The van der Waals surface area contributed by atoms with E-state index in [4.69, 9.17) is 5.10 Å². The first-order valence-electron chi connectivity index (χ1n) is 10.0. The third kappa shape index (κ3) is 4.21. The Balaban J connectivity index is 1.35. The third-order valence-corrected chi connectivity index (χ3v) is 5.36. The molecule has 1 amide bonds. The van der Waals surface area contributed by atoms with Crippen molar-refractivity contribution in [2.24, 2.45) is 5.92 Å². The summed E-state index contributed by atoms with van der Waals surface area (Å²) in [6.07, 6.45) is 1.54. The van der Waals surface area contributed by atoms with Crippen LogP contribution in [-0.4, -0.2) is 38.8 Å². The second-order valence-corrected chi connectivity index (χ2v) is 7.78. The highest BCUT2D eigenvalue weighted by molar-refractivity contribution is 5.79. The molecule has 0 spiro atoms. The van der Waals surface area contributed by atoms with Gasteiger partial charge in [0.25, 0.3) is 0 Å². The number of amides is 1. The van der Waals surface area contributed by atoms with Gasteiger partial charge in [-0.15, -0.1) is 15.3 Å². The smallest absolute Gasteiger partial charge is 0.223 e. The van der Waals surface area contributed by atoms with Crippen molar-refractivity contribution in [2.45, 2.75) is 39.2 Å². The normalized spacial score (nSPS) is 15.2. The van der Waals surface area contributed by atoms with E-state index in [1.807, 2.05) is 16.6 Å². The minimum atomic E-state index is -0.272. The fourth-order valence-electron chi connectivity index (χ4n) is 3.63. The lowest BCUT2D eigenvalue weighted by Crippen LogP contribution is -2.40. The molecule has 152 valence electrons. The van der Waals surface area contributed by atoms with Crippen molar-refractivity contribution >= 4 is 17.4 Å². The lowest BCUT2D eigenvalue weighted by molar-refractivity contribution is -0.125. The molecular weight excluding hydrogens is 371 g/mol. The summed E-state index contributed by atoms with van der Waals surface area (Å²) in [6.45, 7) is 6.10. The summed E-state index contributed by atoms with van der Waals surface area (Å²) in [4.78, 5) is 14.7. The van der Waals surface area contributed by atoms with Gasteiger partial charge in [0.1, 0.15) is 11.6 Å². The van der Waals surface area contributed by atoms with Crippen molar-refractivity contribution in [2.75, 3.05) is 18.0 Å². The van der Waals surface area contributed by atoms with Crippen LogP contribution < -0.4 is 10.2 Å². The van der Waals surface area contributed by atoms with Crippen LogP contribution in [0.2, 0.25) is 0 Å². The Labute approximate surface area is 168 Å². The van der Waals surface area contributed by atoms with E-state index in [1.165, 1.54) is 12.1 Å². The van der Waals surface area contributed by atoms with Gasteiger partial charge in [-0.05, 0) is 42.7 Å². The summed E-state index contributed by atoms with van der Waals surface area (Å²) < 4.78 is 14.8. The number of rotatable bonds is 5. The van der Waals surface area contributed by atoms with Gasteiger partial charge >= 0.3 is 0 Å². The number of nitrogens with one attached hydrogen (secondary N) is 1. The highest BCUT2D eigenvalue weighted by atomic mass is 19.1. The molecule has 8 heteroatoms. The van der Waals surface area contributed by atoms with Gasteiger partial charge in [0.05, 0.1) is 0 Å². The second kappa shape index (κ2) is 8.14. The van der Waals surface area contributed by atoms with E-state index < -0.39 is 0 Å². The van der Waals surface area contributed by atoms with Gasteiger partial charge in [0, 0.05) is 31.5 Å². The zero-order valence-corrected chi connectivity index (χ0v) is 16.7. The van der Waals surface area contributed by atoms with Crippen molar-refractivity contribution < 1.29 is 9.18 Å². The first kappa shape index (κ1) is 19.3. The molecule has 1 aromatic carbocycles. The minimum Gasteiger partial charge on any atom is -0.355 e. The zero-order chi connectivity index (χ0) is 20.4. The minimum absolute atomic E-state index is 0.0171. The number of hydrogen-bond donors (Lipinski definition) is 1. The average Bonchev–Trinajstić information content (AvgIpc) is 3.17. The van der Waals surface area contributed by atoms with Gasteiger partial charge in [-0.25, -0.2) is 4.39 Å². The molecular formula is C21H25FN6O. The third-order valence-electron chi connectivity index (χ3n) is 5.36. The average molecular weight is 396 g/mol. The van der Waals surface area contributed by atoms with Gasteiger partial charge in [-0.1, -0.05) is 26.0 Å². The van der Waals surface area contributed by atoms with Gasteiger partial charge in [-0.3, -0.25) is 4.79 Å². The fourth-order valence-corrected chi connectivity index (χ4v) is 3.63. The summed E-state index contributed by atoms with van der Waals surface area (Å²) in [5.74, 6) is 1.73. The second-order valence-electron chi connectivity index (χ2n) is 7.78. The summed E-state index contributed by atoms with van der Waals surface area (Å²) >= 11 is 0. The number of fused-ring (bicyclic) bond motifs is 1. The maximum Gasteiger partial charge on any atom is 0.223 e. The van der Waals surface area contributed by atoms with Crippen LogP contribution in [0.1, 0.15) is 44.0 Å². The molecule has 0 atom stereocenters. The predicted molar refractivity (Wildman–Crippen MR) is 108 cm³/mol. The Bertz CT molecular complexity index is 992. The van der Waals surface area contributed by atoms with E-state index in [0.717, 1.165) is 48.8 Å². The lowest BCUT2D eigenvalue weighted by Gasteiger charge is -2.32. The number of aromatic nitrogens is 4. The Morgan fingerprint density at radius 2 is 1.86 bits per heavy atom.